The van der Waals surface area contributed by atoms with Crippen LogP contribution in [0.3, 0.4) is 0 Å². The highest BCUT2D eigenvalue weighted by molar-refractivity contribution is 7.92. The van der Waals surface area contributed by atoms with Gasteiger partial charge in [-0.15, -0.1) is 0 Å². The molecule has 1 heterocycles. The quantitative estimate of drug-likeness (QED) is 0.487. The summed E-state index contributed by atoms with van der Waals surface area (Å²) in [6.07, 6.45) is 0.603. The highest BCUT2D eigenvalue weighted by atomic mass is 32.2. The number of carboxylic acid groups (broad SMARTS) is 1. The first-order valence-corrected chi connectivity index (χ1v) is 11.7. The van der Waals surface area contributed by atoms with Crippen LogP contribution in [0, 0.1) is 11.8 Å². The molecule has 0 saturated heterocycles. The minimum atomic E-state index is -3.89. The van der Waals surface area contributed by atoms with Crippen LogP contribution < -0.4 is 9.62 Å². The van der Waals surface area contributed by atoms with E-state index in [0.717, 1.165) is 5.56 Å². The number of nitrogens with one attached hydrogen (secondary N) is 1. The third-order valence-electron chi connectivity index (χ3n) is 5.34. The van der Waals surface area contributed by atoms with Crippen molar-refractivity contribution < 1.29 is 28.2 Å². The topological polar surface area (TPSA) is 124 Å². The van der Waals surface area contributed by atoms with E-state index in [2.05, 4.69) is 17.2 Å². The molecular weight excluding hydrogens is 456 g/mol. The third-order valence-corrected chi connectivity index (χ3v) is 7.15. The number of aliphatic hydroxyl groups is 1. The van der Waals surface area contributed by atoms with Gasteiger partial charge >= 0.3 is 5.97 Å². The first-order chi connectivity index (χ1) is 16.3. The van der Waals surface area contributed by atoms with E-state index in [1.807, 2.05) is 12.1 Å². The lowest BCUT2D eigenvalue weighted by atomic mass is 10.1. The maximum absolute atomic E-state index is 13.3. The zero-order chi connectivity index (χ0) is 24.3. The van der Waals surface area contributed by atoms with Crippen LogP contribution in [0.2, 0.25) is 0 Å². The van der Waals surface area contributed by atoms with Gasteiger partial charge in [-0.05, 0) is 54.4 Å². The number of hydrogen-bond acceptors (Lipinski definition) is 5. The number of aromatic carboxylic acids is 1. The second kappa shape index (κ2) is 9.39. The molecule has 3 N–H and O–H groups in total. The summed E-state index contributed by atoms with van der Waals surface area (Å²) in [7, 11) is -3.89. The van der Waals surface area contributed by atoms with Crippen LogP contribution in [-0.2, 0) is 16.4 Å². The van der Waals surface area contributed by atoms with Crippen LogP contribution in [0.1, 0.15) is 31.8 Å². The summed E-state index contributed by atoms with van der Waals surface area (Å²) in [5.74, 6) is 3.11. The lowest BCUT2D eigenvalue weighted by Crippen LogP contribution is -2.29. The van der Waals surface area contributed by atoms with Crippen molar-refractivity contribution in [3.05, 3.63) is 89.0 Å². The Labute approximate surface area is 196 Å². The van der Waals surface area contributed by atoms with E-state index in [4.69, 9.17) is 5.11 Å². The summed E-state index contributed by atoms with van der Waals surface area (Å²) in [6.45, 7) is -0.0608. The van der Waals surface area contributed by atoms with Crippen LogP contribution in [0.25, 0.3) is 0 Å². The van der Waals surface area contributed by atoms with Crippen LogP contribution in [0.15, 0.2) is 71.6 Å². The summed E-state index contributed by atoms with van der Waals surface area (Å²) < 4.78 is 27.9. The molecule has 0 unspecified atom stereocenters. The van der Waals surface area contributed by atoms with E-state index in [-0.39, 0.29) is 28.3 Å². The fourth-order valence-electron chi connectivity index (χ4n) is 3.73. The number of para-hydroxylation sites is 1. The molecule has 9 heteroatoms. The normalized spacial score (nSPS) is 12.4. The van der Waals surface area contributed by atoms with Crippen molar-refractivity contribution in [3.8, 4) is 11.8 Å². The minimum Gasteiger partial charge on any atom is -0.478 e. The van der Waals surface area contributed by atoms with Gasteiger partial charge in [-0.3, -0.25) is 9.10 Å². The number of rotatable bonds is 5. The van der Waals surface area contributed by atoms with Gasteiger partial charge in [0, 0.05) is 17.7 Å². The molecular formula is C25H20N2O6S. The van der Waals surface area contributed by atoms with Crippen molar-refractivity contribution in [3.63, 3.8) is 0 Å². The Morgan fingerprint density at radius 1 is 1.03 bits per heavy atom. The molecule has 0 spiro atoms. The van der Waals surface area contributed by atoms with Crippen LogP contribution in [-0.4, -0.2) is 43.7 Å². The number of benzene rings is 3. The second-order valence-electron chi connectivity index (χ2n) is 7.46. The predicted octanol–water partition coefficient (Wildman–Crippen LogP) is 2.73. The lowest BCUT2D eigenvalue weighted by Gasteiger charge is -2.20. The second-order valence-corrected chi connectivity index (χ2v) is 9.33. The summed E-state index contributed by atoms with van der Waals surface area (Å²) in [5, 5.41) is 20.9. The molecule has 0 atom stereocenters. The van der Waals surface area contributed by atoms with E-state index >= 15 is 0 Å². The lowest BCUT2D eigenvalue weighted by molar-refractivity contribution is 0.0698. The molecule has 3 aromatic rings. The Bertz CT molecular complexity index is 1450. The Kier molecular flexibility index (Phi) is 6.36. The van der Waals surface area contributed by atoms with Crippen LogP contribution in [0.5, 0.6) is 0 Å². The average Bonchev–Trinajstić information content (AvgIpc) is 3.28. The van der Waals surface area contributed by atoms with Crippen molar-refractivity contribution in [1.29, 1.82) is 0 Å². The number of nitrogens with zero attached hydrogens (tertiary/aromatic N) is 1. The van der Waals surface area contributed by atoms with Gasteiger partial charge in [0.25, 0.3) is 15.9 Å². The maximum Gasteiger partial charge on any atom is 0.337 e. The number of aliphatic hydroxyl groups excluding tert-OH is 1. The molecule has 0 fully saturated rings. The molecule has 0 aromatic heterocycles. The average molecular weight is 477 g/mol. The smallest absolute Gasteiger partial charge is 0.337 e. The SMILES string of the molecule is O=C(Nc1ccc(C#CCO)cc1C(=O)O)c1cccc(S(=O)(=O)N2CCc3ccccc32)c1. The van der Waals surface area contributed by atoms with E-state index < -0.39 is 21.9 Å². The first kappa shape index (κ1) is 23.0. The number of fused-ring (bicyclic) bond motifs is 1. The third kappa shape index (κ3) is 4.50. The van der Waals surface area contributed by atoms with Crippen LogP contribution >= 0.6 is 0 Å². The molecule has 0 aliphatic carbocycles. The van der Waals surface area contributed by atoms with Crippen molar-refractivity contribution in [2.75, 3.05) is 22.8 Å². The highest BCUT2D eigenvalue weighted by Crippen LogP contribution is 2.32. The molecule has 0 radical (unpaired) electrons. The number of sulfonamides is 1. The fraction of sp³-hybridized carbons (Fsp3) is 0.120. The molecule has 1 aliphatic rings. The Morgan fingerprint density at radius 3 is 2.59 bits per heavy atom. The van der Waals surface area contributed by atoms with Gasteiger partial charge in [-0.2, -0.15) is 0 Å². The largest absolute Gasteiger partial charge is 0.478 e. The van der Waals surface area contributed by atoms with Gasteiger partial charge in [0.2, 0.25) is 0 Å². The summed E-state index contributed by atoms with van der Waals surface area (Å²) in [6, 6.07) is 17.1. The molecule has 0 saturated carbocycles. The number of carbonyl (C=O) groups is 2. The molecule has 4 rings (SSSR count). The van der Waals surface area contributed by atoms with E-state index in [1.165, 1.54) is 46.8 Å². The molecule has 1 aliphatic heterocycles. The van der Waals surface area contributed by atoms with Gasteiger partial charge < -0.3 is 15.5 Å². The number of carboxylic acids is 1. The van der Waals surface area contributed by atoms with Crippen LogP contribution in [0.4, 0.5) is 11.4 Å². The van der Waals surface area contributed by atoms with E-state index in [0.29, 0.717) is 24.2 Å². The van der Waals surface area contributed by atoms with Gasteiger partial charge in [0.1, 0.15) is 6.61 Å². The summed E-state index contributed by atoms with van der Waals surface area (Å²) >= 11 is 0. The summed E-state index contributed by atoms with van der Waals surface area (Å²) in [5.41, 5.74) is 1.84. The number of hydrogen-bond donors (Lipinski definition) is 3. The molecule has 1 amide bonds. The Hall–Kier alpha value is -4.13. The van der Waals surface area contributed by atoms with Crippen molar-refractivity contribution in [2.24, 2.45) is 0 Å². The zero-order valence-corrected chi connectivity index (χ0v) is 18.7. The molecule has 34 heavy (non-hydrogen) atoms. The first-order valence-electron chi connectivity index (χ1n) is 10.3. The Morgan fingerprint density at radius 2 is 1.82 bits per heavy atom. The monoisotopic (exact) mass is 476 g/mol. The van der Waals surface area contributed by atoms with Gasteiger partial charge in [-0.1, -0.05) is 36.1 Å². The number of carbonyl (C=O) groups excluding carboxylic acids is 1. The summed E-state index contributed by atoms with van der Waals surface area (Å²) in [4.78, 5) is 24.5. The Balaban J connectivity index is 1.62. The predicted molar refractivity (Wildman–Crippen MR) is 126 cm³/mol. The standard InChI is InChI=1S/C25H20N2O6S/c28-14-4-5-17-10-11-22(21(15-17)25(30)31)26-24(29)19-7-3-8-20(16-19)34(32,33)27-13-12-18-6-1-2-9-23(18)27/h1-3,6-11,15-16,28H,12-14H2,(H,26,29)(H,30,31). The van der Waals surface area contributed by atoms with Crippen molar-refractivity contribution >= 4 is 33.3 Å². The van der Waals surface area contributed by atoms with Gasteiger partial charge in [-0.25, -0.2) is 13.2 Å². The molecule has 3 aromatic carbocycles. The fourth-order valence-corrected chi connectivity index (χ4v) is 5.28. The van der Waals surface area contributed by atoms with Gasteiger partial charge in [0.05, 0.1) is 21.8 Å². The van der Waals surface area contributed by atoms with E-state index in [9.17, 15) is 23.1 Å². The molecule has 0 bridgehead atoms. The molecule has 172 valence electrons. The van der Waals surface area contributed by atoms with Crippen molar-refractivity contribution in [2.45, 2.75) is 11.3 Å². The zero-order valence-electron chi connectivity index (χ0n) is 17.9. The van der Waals surface area contributed by atoms with Crippen molar-refractivity contribution in [1.82, 2.24) is 0 Å². The number of amides is 1. The minimum absolute atomic E-state index is 0.0359. The molecule has 8 nitrogen and oxygen atoms in total. The van der Waals surface area contributed by atoms with Gasteiger partial charge in [0.15, 0.2) is 0 Å². The number of anilines is 2. The van der Waals surface area contributed by atoms with E-state index in [1.54, 1.807) is 12.1 Å². The highest BCUT2D eigenvalue weighted by Gasteiger charge is 2.31. The maximum atomic E-state index is 13.3.